The van der Waals surface area contributed by atoms with Gasteiger partial charge in [-0.15, -0.1) is 0 Å². The van der Waals surface area contributed by atoms with E-state index in [2.05, 4.69) is 45.4 Å². The quantitative estimate of drug-likeness (QED) is 0.881. The Labute approximate surface area is 157 Å². The number of likely N-dealkylation sites (tertiary alicyclic amines) is 1. The van der Waals surface area contributed by atoms with Crippen LogP contribution in [-0.2, 0) is 4.79 Å². The first-order valence-electron chi connectivity index (χ1n) is 10.6. The summed E-state index contributed by atoms with van der Waals surface area (Å²) in [4.78, 5) is 17.2. The summed E-state index contributed by atoms with van der Waals surface area (Å²) in [6.07, 6.45) is 8.07. The van der Waals surface area contributed by atoms with Gasteiger partial charge in [0.15, 0.2) is 0 Å². The summed E-state index contributed by atoms with van der Waals surface area (Å²) >= 11 is 0. The maximum atomic E-state index is 12.4. The van der Waals surface area contributed by atoms with Gasteiger partial charge < -0.3 is 10.2 Å². The van der Waals surface area contributed by atoms with Crippen molar-refractivity contribution in [1.82, 2.24) is 10.2 Å². The molecule has 26 heavy (non-hydrogen) atoms. The van der Waals surface area contributed by atoms with E-state index in [0.717, 1.165) is 44.6 Å². The molecule has 1 N–H and O–H groups in total. The molecule has 4 nitrogen and oxygen atoms in total. The van der Waals surface area contributed by atoms with Gasteiger partial charge in [-0.05, 0) is 55.7 Å². The molecular weight excluding hydrogens is 322 g/mol. The largest absolute Gasteiger partial charge is 0.371 e. The predicted octanol–water partition coefficient (Wildman–Crippen LogP) is 3.14. The van der Waals surface area contributed by atoms with Crippen molar-refractivity contribution in [3.05, 3.63) is 30.3 Å². The molecule has 142 valence electrons. The molecule has 0 unspecified atom stereocenters. The molecule has 0 bridgehead atoms. The highest BCUT2D eigenvalue weighted by atomic mass is 16.2. The Kier molecular flexibility index (Phi) is 5.78. The molecule has 3 fully saturated rings. The van der Waals surface area contributed by atoms with E-state index in [1.165, 1.54) is 44.2 Å². The van der Waals surface area contributed by atoms with Gasteiger partial charge in [0, 0.05) is 31.9 Å². The molecule has 1 aliphatic carbocycles. The second kappa shape index (κ2) is 8.43. The van der Waals surface area contributed by atoms with Crippen LogP contribution in [0.25, 0.3) is 0 Å². The van der Waals surface area contributed by atoms with Crippen molar-refractivity contribution in [1.29, 1.82) is 0 Å². The molecule has 1 amide bonds. The fourth-order valence-corrected chi connectivity index (χ4v) is 5.21. The Morgan fingerprint density at radius 1 is 0.962 bits per heavy atom. The van der Waals surface area contributed by atoms with Crippen molar-refractivity contribution in [2.45, 2.75) is 38.5 Å². The van der Waals surface area contributed by atoms with E-state index in [-0.39, 0.29) is 5.91 Å². The van der Waals surface area contributed by atoms with Crippen LogP contribution in [0.1, 0.15) is 38.5 Å². The average molecular weight is 356 g/mol. The topological polar surface area (TPSA) is 35.6 Å². The summed E-state index contributed by atoms with van der Waals surface area (Å²) < 4.78 is 0. The number of benzene rings is 1. The summed E-state index contributed by atoms with van der Waals surface area (Å²) in [5, 5.41) is 3.21. The van der Waals surface area contributed by atoms with Gasteiger partial charge in [0.05, 0.1) is 6.54 Å². The number of piperidine rings is 1. The summed E-state index contributed by atoms with van der Waals surface area (Å²) in [5.74, 6) is 2.57. The Morgan fingerprint density at radius 3 is 2.62 bits per heavy atom. The molecule has 2 heterocycles. The Balaban J connectivity index is 1.18. The molecule has 1 aromatic rings. The minimum Gasteiger partial charge on any atom is -0.371 e. The zero-order valence-corrected chi connectivity index (χ0v) is 15.9. The van der Waals surface area contributed by atoms with E-state index >= 15 is 0 Å². The molecule has 3 atom stereocenters. The van der Waals surface area contributed by atoms with E-state index in [1.807, 2.05) is 0 Å². The first kappa shape index (κ1) is 17.8. The molecule has 0 spiro atoms. The van der Waals surface area contributed by atoms with Gasteiger partial charge in [-0.25, -0.2) is 0 Å². The minimum atomic E-state index is 0.220. The molecule has 1 saturated carbocycles. The number of hydrogen-bond acceptors (Lipinski definition) is 3. The van der Waals surface area contributed by atoms with Crippen LogP contribution in [0.4, 0.5) is 5.69 Å². The van der Waals surface area contributed by atoms with E-state index in [9.17, 15) is 4.79 Å². The summed E-state index contributed by atoms with van der Waals surface area (Å²) in [7, 11) is 0. The Bertz CT molecular complexity index is 590. The van der Waals surface area contributed by atoms with Gasteiger partial charge in [0.25, 0.3) is 0 Å². The molecule has 1 aromatic carbocycles. The Morgan fingerprint density at radius 2 is 1.77 bits per heavy atom. The van der Waals surface area contributed by atoms with Crippen LogP contribution in [0.2, 0.25) is 0 Å². The van der Waals surface area contributed by atoms with E-state index in [1.54, 1.807) is 0 Å². The van der Waals surface area contributed by atoms with Crippen LogP contribution in [0, 0.1) is 17.8 Å². The molecule has 0 radical (unpaired) electrons. The SMILES string of the molecule is O=C(CN1CC[C@@H]2CCCC[C@H]2C1)NC[C@H]1CCN(c2ccccc2)C1. The highest BCUT2D eigenvalue weighted by Gasteiger charge is 2.31. The normalized spacial score (nSPS) is 29.4. The van der Waals surface area contributed by atoms with Crippen LogP contribution in [0.3, 0.4) is 0 Å². The number of nitrogens with zero attached hydrogens (tertiary/aromatic N) is 2. The standard InChI is InChI=1S/C22H33N3O/c26-22(17-24-12-11-19-6-4-5-7-20(19)16-24)23-14-18-10-13-25(15-18)21-8-2-1-3-9-21/h1-3,8-9,18-20H,4-7,10-17H2,(H,23,26)/t18-,19+,20+/m1/s1. The van der Waals surface area contributed by atoms with Crippen LogP contribution < -0.4 is 10.2 Å². The molecule has 2 saturated heterocycles. The van der Waals surface area contributed by atoms with Crippen molar-refractivity contribution in [2.24, 2.45) is 17.8 Å². The lowest BCUT2D eigenvalue weighted by Gasteiger charge is -2.41. The Hall–Kier alpha value is -1.55. The molecule has 4 rings (SSSR count). The molecule has 3 aliphatic rings. The lowest BCUT2D eigenvalue weighted by atomic mass is 9.75. The molecular formula is C22H33N3O. The van der Waals surface area contributed by atoms with Gasteiger partial charge in [-0.3, -0.25) is 9.69 Å². The fraction of sp³-hybridized carbons (Fsp3) is 0.682. The molecule has 4 heteroatoms. The average Bonchev–Trinajstić information content (AvgIpc) is 3.16. The van der Waals surface area contributed by atoms with Crippen LogP contribution >= 0.6 is 0 Å². The van der Waals surface area contributed by atoms with Crippen molar-refractivity contribution in [3.8, 4) is 0 Å². The summed E-state index contributed by atoms with van der Waals surface area (Å²) in [6.45, 7) is 5.82. The van der Waals surface area contributed by atoms with Crippen molar-refractivity contribution in [3.63, 3.8) is 0 Å². The maximum Gasteiger partial charge on any atom is 0.234 e. The van der Waals surface area contributed by atoms with Crippen molar-refractivity contribution in [2.75, 3.05) is 44.2 Å². The van der Waals surface area contributed by atoms with Crippen LogP contribution in [-0.4, -0.2) is 50.1 Å². The van der Waals surface area contributed by atoms with E-state index in [4.69, 9.17) is 0 Å². The predicted molar refractivity (Wildman–Crippen MR) is 106 cm³/mol. The smallest absolute Gasteiger partial charge is 0.234 e. The second-order valence-corrected chi connectivity index (χ2v) is 8.57. The molecule has 2 aliphatic heterocycles. The summed E-state index contributed by atoms with van der Waals surface area (Å²) in [5.41, 5.74) is 1.30. The lowest BCUT2D eigenvalue weighted by Crippen LogP contribution is -2.46. The zero-order chi connectivity index (χ0) is 17.8. The number of amides is 1. The molecule has 0 aromatic heterocycles. The van der Waals surface area contributed by atoms with E-state index < -0.39 is 0 Å². The fourth-order valence-electron chi connectivity index (χ4n) is 5.21. The summed E-state index contributed by atoms with van der Waals surface area (Å²) in [6, 6.07) is 10.6. The van der Waals surface area contributed by atoms with Gasteiger partial charge in [0.1, 0.15) is 0 Å². The third-order valence-electron chi connectivity index (χ3n) is 6.74. The highest BCUT2D eigenvalue weighted by molar-refractivity contribution is 5.78. The highest BCUT2D eigenvalue weighted by Crippen LogP contribution is 2.35. The number of carbonyl (C=O) groups is 1. The maximum absolute atomic E-state index is 12.4. The number of carbonyl (C=O) groups excluding carboxylic acids is 1. The third-order valence-corrected chi connectivity index (χ3v) is 6.74. The monoisotopic (exact) mass is 355 g/mol. The first-order valence-corrected chi connectivity index (χ1v) is 10.6. The van der Waals surface area contributed by atoms with Gasteiger partial charge in [0.2, 0.25) is 5.91 Å². The van der Waals surface area contributed by atoms with Gasteiger partial charge in [-0.1, -0.05) is 37.5 Å². The third kappa shape index (κ3) is 4.40. The number of rotatable bonds is 5. The van der Waals surface area contributed by atoms with Crippen LogP contribution in [0.15, 0.2) is 30.3 Å². The minimum absolute atomic E-state index is 0.220. The number of fused-ring (bicyclic) bond motifs is 1. The number of nitrogens with one attached hydrogen (secondary N) is 1. The number of para-hydroxylation sites is 1. The van der Waals surface area contributed by atoms with Crippen LogP contribution in [0.5, 0.6) is 0 Å². The number of anilines is 1. The second-order valence-electron chi connectivity index (χ2n) is 8.57. The lowest BCUT2D eigenvalue weighted by molar-refractivity contribution is -0.123. The van der Waals surface area contributed by atoms with Crippen molar-refractivity contribution >= 4 is 11.6 Å². The first-order chi connectivity index (χ1) is 12.8. The zero-order valence-electron chi connectivity index (χ0n) is 15.9. The van der Waals surface area contributed by atoms with Crippen molar-refractivity contribution < 1.29 is 4.79 Å². The van der Waals surface area contributed by atoms with Gasteiger partial charge >= 0.3 is 0 Å². The van der Waals surface area contributed by atoms with E-state index in [0.29, 0.717) is 12.5 Å². The van der Waals surface area contributed by atoms with Gasteiger partial charge in [-0.2, -0.15) is 0 Å². The number of hydrogen-bond donors (Lipinski definition) is 1.